The summed E-state index contributed by atoms with van der Waals surface area (Å²) in [4.78, 5) is 18.7. The lowest BCUT2D eigenvalue weighted by Crippen LogP contribution is -2.31. The topological polar surface area (TPSA) is 93.4 Å². The molecule has 132 valence electrons. The fourth-order valence-electron chi connectivity index (χ4n) is 3.23. The summed E-state index contributed by atoms with van der Waals surface area (Å²) in [5, 5.41) is 0. The van der Waals surface area contributed by atoms with E-state index in [9.17, 15) is 13.2 Å². The first-order valence-corrected chi connectivity index (χ1v) is 10.2. The quantitative estimate of drug-likeness (QED) is 0.903. The summed E-state index contributed by atoms with van der Waals surface area (Å²) in [6, 6.07) is 10.8. The molecule has 1 aromatic heterocycles. The first kappa shape index (κ1) is 17.4. The van der Waals surface area contributed by atoms with Gasteiger partial charge in [-0.2, -0.15) is 0 Å². The summed E-state index contributed by atoms with van der Waals surface area (Å²) in [5.74, 6) is -0.147. The number of benzene rings is 1. The summed E-state index contributed by atoms with van der Waals surface area (Å²) in [6.45, 7) is 0.657. The Morgan fingerprint density at radius 2 is 2.00 bits per heavy atom. The molecular formula is C18H21N3O3S. The van der Waals surface area contributed by atoms with Crippen LogP contribution in [0.5, 0.6) is 0 Å². The van der Waals surface area contributed by atoms with Crippen molar-refractivity contribution in [2.45, 2.75) is 24.6 Å². The fourth-order valence-corrected chi connectivity index (χ4v) is 4.03. The molecule has 1 amide bonds. The smallest absolute Gasteiger partial charge is 0.275 e. The second-order valence-corrected chi connectivity index (χ2v) is 8.55. The highest BCUT2D eigenvalue weighted by atomic mass is 32.2. The first-order chi connectivity index (χ1) is 11.8. The minimum Gasteiger partial charge on any atom is -0.397 e. The zero-order chi connectivity index (χ0) is 18.0. The van der Waals surface area contributed by atoms with Crippen molar-refractivity contribution in [2.24, 2.45) is 0 Å². The molecule has 0 bridgehead atoms. The minimum absolute atomic E-state index is 0.0189. The van der Waals surface area contributed by atoms with Crippen molar-refractivity contribution < 1.29 is 13.2 Å². The van der Waals surface area contributed by atoms with Crippen LogP contribution in [0.1, 0.15) is 40.5 Å². The third-order valence-corrected chi connectivity index (χ3v) is 5.21. The SMILES string of the molecule is CS(=O)(=O)Cc1ccc([C@H]2CCCN2C(=O)c2ncccc2N)cc1. The van der Waals surface area contributed by atoms with Crippen molar-refractivity contribution in [3.05, 3.63) is 59.4 Å². The number of aromatic nitrogens is 1. The largest absolute Gasteiger partial charge is 0.397 e. The van der Waals surface area contributed by atoms with Crippen LogP contribution in [-0.4, -0.2) is 37.0 Å². The Hall–Kier alpha value is -2.41. The predicted molar refractivity (Wildman–Crippen MR) is 96.7 cm³/mol. The van der Waals surface area contributed by atoms with Crippen LogP contribution in [0.15, 0.2) is 42.6 Å². The Balaban J connectivity index is 1.82. The molecule has 1 aromatic carbocycles. The van der Waals surface area contributed by atoms with Crippen molar-refractivity contribution in [3.63, 3.8) is 0 Å². The number of nitrogens with zero attached hydrogens (tertiary/aromatic N) is 2. The number of hydrogen-bond donors (Lipinski definition) is 1. The van der Waals surface area contributed by atoms with Gasteiger partial charge in [-0.05, 0) is 36.1 Å². The molecule has 1 aliphatic rings. The van der Waals surface area contributed by atoms with E-state index < -0.39 is 9.84 Å². The van der Waals surface area contributed by atoms with Gasteiger partial charge in [-0.3, -0.25) is 4.79 Å². The van der Waals surface area contributed by atoms with Crippen LogP contribution in [0.25, 0.3) is 0 Å². The number of sulfone groups is 1. The van der Waals surface area contributed by atoms with Crippen LogP contribution in [0, 0.1) is 0 Å². The summed E-state index contributed by atoms with van der Waals surface area (Å²) in [6.07, 6.45) is 4.56. The van der Waals surface area contributed by atoms with Gasteiger partial charge in [0.1, 0.15) is 0 Å². The average Bonchev–Trinajstić information content (AvgIpc) is 3.03. The summed E-state index contributed by atoms with van der Waals surface area (Å²) in [5.41, 5.74) is 8.29. The molecule has 2 N–H and O–H groups in total. The van der Waals surface area contributed by atoms with Gasteiger partial charge < -0.3 is 10.6 Å². The Labute approximate surface area is 147 Å². The summed E-state index contributed by atoms with van der Waals surface area (Å²) >= 11 is 0. The number of rotatable bonds is 4. The molecule has 0 spiro atoms. The number of nitrogen functional groups attached to an aromatic ring is 1. The Morgan fingerprint density at radius 3 is 2.64 bits per heavy atom. The van der Waals surface area contributed by atoms with Gasteiger partial charge in [-0.1, -0.05) is 24.3 Å². The van der Waals surface area contributed by atoms with Gasteiger partial charge in [0.2, 0.25) is 0 Å². The van der Waals surface area contributed by atoms with Crippen LogP contribution in [-0.2, 0) is 15.6 Å². The molecule has 1 fully saturated rings. The first-order valence-electron chi connectivity index (χ1n) is 8.13. The van der Waals surface area contributed by atoms with E-state index in [0.717, 1.165) is 24.0 Å². The molecule has 1 aliphatic heterocycles. The van der Waals surface area contributed by atoms with Crippen LogP contribution in [0.2, 0.25) is 0 Å². The second kappa shape index (κ2) is 6.84. The van der Waals surface area contributed by atoms with Gasteiger partial charge in [0.25, 0.3) is 5.91 Å². The minimum atomic E-state index is -3.06. The molecule has 3 rings (SSSR count). The average molecular weight is 359 g/mol. The predicted octanol–water partition coefficient (Wildman–Crippen LogP) is 2.19. The molecule has 2 aromatic rings. The molecular weight excluding hydrogens is 338 g/mol. The van der Waals surface area contributed by atoms with Crippen molar-refractivity contribution in [1.82, 2.24) is 9.88 Å². The standard InChI is InChI=1S/C18H21N3O3S/c1-25(23,24)12-13-6-8-14(9-7-13)16-5-3-11-21(16)18(22)17-15(19)4-2-10-20-17/h2,4,6-10,16H,3,5,11-12,19H2,1H3/t16-/m1/s1. The number of hydrogen-bond acceptors (Lipinski definition) is 5. The third kappa shape index (κ3) is 3.99. The van der Waals surface area contributed by atoms with E-state index in [4.69, 9.17) is 5.73 Å². The monoisotopic (exact) mass is 359 g/mol. The van der Waals surface area contributed by atoms with E-state index in [1.807, 2.05) is 24.3 Å². The Morgan fingerprint density at radius 1 is 1.28 bits per heavy atom. The van der Waals surface area contributed by atoms with Gasteiger partial charge in [0, 0.05) is 19.0 Å². The van der Waals surface area contributed by atoms with E-state index in [1.165, 1.54) is 6.26 Å². The van der Waals surface area contributed by atoms with Gasteiger partial charge >= 0.3 is 0 Å². The lowest BCUT2D eigenvalue weighted by atomic mass is 10.0. The molecule has 25 heavy (non-hydrogen) atoms. The van der Waals surface area contributed by atoms with E-state index in [0.29, 0.717) is 12.2 Å². The van der Waals surface area contributed by atoms with Crippen LogP contribution in [0.3, 0.4) is 0 Å². The van der Waals surface area contributed by atoms with Crippen LogP contribution < -0.4 is 5.73 Å². The molecule has 0 unspecified atom stereocenters. The van der Waals surface area contributed by atoms with E-state index in [1.54, 1.807) is 23.2 Å². The van der Waals surface area contributed by atoms with Crippen molar-refractivity contribution >= 4 is 21.4 Å². The van der Waals surface area contributed by atoms with Crippen LogP contribution >= 0.6 is 0 Å². The maximum atomic E-state index is 12.8. The molecule has 0 saturated carbocycles. The molecule has 0 radical (unpaired) electrons. The van der Waals surface area contributed by atoms with Crippen molar-refractivity contribution in [2.75, 3.05) is 18.5 Å². The molecule has 0 aliphatic carbocycles. The number of pyridine rings is 1. The number of carbonyl (C=O) groups is 1. The second-order valence-electron chi connectivity index (χ2n) is 6.41. The van der Waals surface area contributed by atoms with Crippen molar-refractivity contribution in [3.8, 4) is 0 Å². The summed E-state index contributed by atoms with van der Waals surface area (Å²) < 4.78 is 22.8. The lowest BCUT2D eigenvalue weighted by molar-refractivity contribution is 0.0731. The van der Waals surface area contributed by atoms with Crippen molar-refractivity contribution in [1.29, 1.82) is 0 Å². The van der Waals surface area contributed by atoms with Gasteiger partial charge in [0.05, 0.1) is 17.5 Å². The number of nitrogens with two attached hydrogens (primary N) is 1. The number of likely N-dealkylation sites (tertiary alicyclic amines) is 1. The third-order valence-electron chi connectivity index (χ3n) is 4.35. The molecule has 1 atom stereocenters. The lowest BCUT2D eigenvalue weighted by Gasteiger charge is -2.25. The molecule has 1 saturated heterocycles. The zero-order valence-electron chi connectivity index (χ0n) is 14.1. The van der Waals surface area contributed by atoms with E-state index >= 15 is 0 Å². The van der Waals surface area contributed by atoms with Gasteiger partial charge in [0.15, 0.2) is 15.5 Å². The Kier molecular flexibility index (Phi) is 4.76. The van der Waals surface area contributed by atoms with E-state index in [-0.39, 0.29) is 23.4 Å². The molecule has 2 heterocycles. The highest BCUT2D eigenvalue weighted by Gasteiger charge is 2.32. The normalized spacial score (nSPS) is 17.6. The fraction of sp³-hybridized carbons (Fsp3) is 0.333. The van der Waals surface area contributed by atoms with Gasteiger partial charge in [-0.15, -0.1) is 0 Å². The summed E-state index contributed by atoms with van der Waals surface area (Å²) in [7, 11) is -3.06. The maximum absolute atomic E-state index is 12.8. The zero-order valence-corrected chi connectivity index (χ0v) is 14.9. The highest BCUT2D eigenvalue weighted by molar-refractivity contribution is 7.89. The Bertz CT molecular complexity index is 879. The van der Waals surface area contributed by atoms with Crippen LogP contribution in [0.4, 0.5) is 5.69 Å². The molecule has 6 nitrogen and oxygen atoms in total. The highest BCUT2D eigenvalue weighted by Crippen LogP contribution is 2.33. The number of carbonyl (C=O) groups excluding carboxylic acids is 1. The number of amides is 1. The van der Waals surface area contributed by atoms with E-state index in [2.05, 4.69) is 4.98 Å². The molecule has 7 heteroatoms. The maximum Gasteiger partial charge on any atom is 0.275 e. The van der Waals surface area contributed by atoms with Gasteiger partial charge in [-0.25, -0.2) is 13.4 Å². The number of anilines is 1.